The highest BCUT2D eigenvalue weighted by Crippen LogP contribution is 2.18. The van der Waals surface area contributed by atoms with Crippen LogP contribution in [0.2, 0.25) is 0 Å². The minimum Gasteiger partial charge on any atom is -0.327 e. The second kappa shape index (κ2) is 7.75. The lowest BCUT2D eigenvalue weighted by Crippen LogP contribution is -2.33. The number of benzene rings is 1. The minimum absolute atomic E-state index is 0.279. The quantitative estimate of drug-likeness (QED) is 0.757. The molecule has 2 N–H and O–H groups in total. The maximum atomic E-state index is 6.12. The first-order valence-electron chi connectivity index (χ1n) is 6.23. The molecule has 0 radical (unpaired) electrons. The molecule has 1 rings (SSSR count). The molecular weight excluding hydrogens is 228 g/mol. The summed E-state index contributed by atoms with van der Waals surface area (Å²) < 4.78 is 0. The van der Waals surface area contributed by atoms with Crippen LogP contribution in [0.1, 0.15) is 20.3 Å². The van der Waals surface area contributed by atoms with Crippen molar-refractivity contribution in [3.8, 4) is 0 Å². The first kappa shape index (κ1) is 14.6. The van der Waals surface area contributed by atoms with Crippen LogP contribution in [0.5, 0.6) is 0 Å². The number of hydrogen-bond donors (Lipinski definition) is 1. The summed E-state index contributed by atoms with van der Waals surface area (Å²) in [6.45, 7) is 5.50. The first-order valence-corrected chi connectivity index (χ1v) is 7.22. The molecule has 1 unspecified atom stereocenters. The van der Waals surface area contributed by atoms with E-state index in [1.165, 1.54) is 4.90 Å². The van der Waals surface area contributed by atoms with E-state index in [4.69, 9.17) is 5.73 Å². The van der Waals surface area contributed by atoms with Crippen LogP contribution in [0.25, 0.3) is 0 Å². The summed E-state index contributed by atoms with van der Waals surface area (Å²) in [7, 11) is 2.15. The Morgan fingerprint density at radius 3 is 2.47 bits per heavy atom. The molecule has 0 spiro atoms. The van der Waals surface area contributed by atoms with E-state index < -0.39 is 0 Å². The van der Waals surface area contributed by atoms with Gasteiger partial charge in [-0.25, -0.2) is 0 Å². The van der Waals surface area contributed by atoms with Gasteiger partial charge in [0.25, 0.3) is 0 Å². The number of hydrogen-bond acceptors (Lipinski definition) is 3. The van der Waals surface area contributed by atoms with Crippen LogP contribution in [0.15, 0.2) is 35.2 Å². The Kier molecular flexibility index (Phi) is 6.63. The molecule has 1 atom stereocenters. The Balaban J connectivity index is 2.19. The van der Waals surface area contributed by atoms with Crippen molar-refractivity contribution in [2.45, 2.75) is 37.2 Å². The van der Waals surface area contributed by atoms with Crippen molar-refractivity contribution >= 4 is 11.8 Å². The lowest BCUT2D eigenvalue weighted by atomic mass is 10.2. The predicted molar refractivity (Wildman–Crippen MR) is 77.5 cm³/mol. The minimum atomic E-state index is 0.279. The van der Waals surface area contributed by atoms with Gasteiger partial charge in [0.2, 0.25) is 0 Å². The van der Waals surface area contributed by atoms with Crippen LogP contribution in [-0.2, 0) is 0 Å². The Bertz CT molecular complexity index is 300. The molecule has 0 saturated carbocycles. The van der Waals surface area contributed by atoms with E-state index in [1.54, 1.807) is 0 Å². The van der Waals surface area contributed by atoms with Gasteiger partial charge in [-0.2, -0.15) is 0 Å². The summed E-state index contributed by atoms with van der Waals surface area (Å²) >= 11 is 1.85. The molecule has 0 heterocycles. The van der Waals surface area contributed by atoms with Crippen molar-refractivity contribution in [2.75, 3.05) is 19.3 Å². The highest BCUT2D eigenvalue weighted by atomic mass is 32.2. The van der Waals surface area contributed by atoms with Gasteiger partial charge >= 0.3 is 0 Å². The largest absolute Gasteiger partial charge is 0.327 e. The molecule has 0 saturated heterocycles. The molecule has 2 nitrogen and oxygen atoms in total. The molecule has 1 aromatic rings. The van der Waals surface area contributed by atoms with Gasteiger partial charge in [0.15, 0.2) is 0 Å². The third-order valence-corrected chi connectivity index (χ3v) is 4.14. The Morgan fingerprint density at radius 1 is 1.24 bits per heavy atom. The Morgan fingerprint density at radius 2 is 1.88 bits per heavy atom. The molecule has 0 aliphatic heterocycles. The van der Waals surface area contributed by atoms with Crippen LogP contribution in [0, 0.1) is 0 Å². The number of rotatable bonds is 7. The SMILES string of the molecule is CC(C)N(C)CCC(N)CSc1ccccc1. The summed E-state index contributed by atoms with van der Waals surface area (Å²) in [5, 5.41) is 0. The third-order valence-electron chi connectivity index (χ3n) is 2.94. The van der Waals surface area contributed by atoms with Crippen LogP contribution < -0.4 is 5.73 Å². The summed E-state index contributed by atoms with van der Waals surface area (Å²) in [6.07, 6.45) is 1.06. The summed E-state index contributed by atoms with van der Waals surface area (Å²) in [5.74, 6) is 0.996. The van der Waals surface area contributed by atoms with E-state index in [0.717, 1.165) is 18.7 Å². The zero-order valence-corrected chi connectivity index (χ0v) is 11.9. The smallest absolute Gasteiger partial charge is 0.0146 e. The summed E-state index contributed by atoms with van der Waals surface area (Å²) in [6, 6.07) is 11.3. The van der Waals surface area contributed by atoms with Gasteiger partial charge in [-0.3, -0.25) is 0 Å². The van der Waals surface area contributed by atoms with Crippen molar-refractivity contribution < 1.29 is 0 Å². The molecule has 0 amide bonds. The molecular formula is C14H24N2S. The predicted octanol–water partition coefficient (Wildman–Crippen LogP) is 2.84. The second-order valence-corrected chi connectivity index (χ2v) is 5.84. The molecule has 1 aromatic carbocycles. The van der Waals surface area contributed by atoms with Gasteiger partial charge in [0.1, 0.15) is 0 Å². The van der Waals surface area contributed by atoms with Gasteiger partial charge in [-0.15, -0.1) is 11.8 Å². The van der Waals surface area contributed by atoms with Gasteiger partial charge < -0.3 is 10.6 Å². The maximum absolute atomic E-state index is 6.12. The van der Waals surface area contributed by atoms with Crippen LogP contribution in [0.4, 0.5) is 0 Å². The number of nitrogens with two attached hydrogens (primary N) is 1. The van der Waals surface area contributed by atoms with E-state index in [0.29, 0.717) is 6.04 Å². The fraction of sp³-hybridized carbons (Fsp3) is 0.571. The Hall–Kier alpha value is -0.510. The van der Waals surface area contributed by atoms with E-state index >= 15 is 0 Å². The number of nitrogens with zero attached hydrogens (tertiary/aromatic N) is 1. The van der Waals surface area contributed by atoms with E-state index in [9.17, 15) is 0 Å². The number of thioether (sulfide) groups is 1. The molecule has 3 heteroatoms. The molecule has 96 valence electrons. The van der Waals surface area contributed by atoms with Crippen LogP contribution in [0.3, 0.4) is 0 Å². The normalized spacial score (nSPS) is 13.3. The van der Waals surface area contributed by atoms with Gasteiger partial charge in [0, 0.05) is 22.7 Å². The molecule has 17 heavy (non-hydrogen) atoms. The lowest BCUT2D eigenvalue weighted by molar-refractivity contribution is 0.265. The Labute approximate surface area is 110 Å². The zero-order valence-electron chi connectivity index (χ0n) is 11.1. The van der Waals surface area contributed by atoms with Crippen LogP contribution >= 0.6 is 11.8 Å². The van der Waals surface area contributed by atoms with Crippen molar-refractivity contribution in [1.29, 1.82) is 0 Å². The third kappa shape index (κ3) is 6.10. The summed E-state index contributed by atoms with van der Waals surface area (Å²) in [5.41, 5.74) is 6.12. The van der Waals surface area contributed by atoms with Gasteiger partial charge in [-0.05, 0) is 46.0 Å². The van der Waals surface area contributed by atoms with Crippen molar-refractivity contribution in [2.24, 2.45) is 5.73 Å². The standard InChI is InChI=1S/C14H24N2S/c1-12(2)16(3)10-9-13(15)11-17-14-7-5-4-6-8-14/h4-8,12-13H,9-11,15H2,1-3H3. The maximum Gasteiger partial charge on any atom is 0.0146 e. The molecule has 0 bridgehead atoms. The average molecular weight is 252 g/mol. The van der Waals surface area contributed by atoms with E-state index in [2.05, 4.69) is 50.1 Å². The fourth-order valence-electron chi connectivity index (χ4n) is 1.43. The monoisotopic (exact) mass is 252 g/mol. The first-order chi connectivity index (χ1) is 8.09. The molecule has 0 fully saturated rings. The molecule has 0 aliphatic rings. The lowest BCUT2D eigenvalue weighted by Gasteiger charge is -2.22. The van der Waals surface area contributed by atoms with Gasteiger partial charge in [0.05, 0.1) is 0 Å². The van der Waals surface area contributed by atoms with E-state index in [-0.39, 0.29) is 6.04 Å². The highest BCUT2D eigenvalue weighted by Gasteiger charge is 2.07. The van der Waals surface area contributed by atoms with Gasteiger partial charge in [-0.1, -0.05) is 18.2 Å². The molecule has 0 aliphatic carbocycles. The zero-order chi connectivity index (χ0) is 12.7. The highest BCUT2D eigenvalue weighted by molar-refractivity contribution is 7.99. The van der Waals surface area contributed by atoms with Crippen molar-refractivity contribution in [1.82, 2.24) is 4.90 Å². The molecule has 0 aromatic heterocycles. The van der Waals surface area contributed by atoms with Crippen LogP contribution in [-0.4, -0.2) is 36.3 Å². The average Bonchev–Trinajstić information content (AvgIpc) is 2.34. The van der Waals surface area contributed by atoms with Crippen molar-refractivity contribution in [3.63, 3.8) is 0 Å². The second-order valence-electron chi connectivity index (χ2n) is 4.75. The summed E-state index contributed by atoms with van der Waals surface area (Å²) in [4.78, 5) is 3.65. The fourth-order valence-corrected chi connectivity index (χ4v) is 2.35. The van der Waals surface area contributed by atoms with Crippen molar-refractivity contribution in [3.05, 3.63) is 30.3 Å². The topological polar surface area (TPSA) is 29.3 Å². The van der Waals surface area contributed by atoms with E-state index in [1.807, 2.05) is 17.8 Å².